The van der Waals surface area contributed by atoms with Crippen LogP contribution in [0.4, 0.5) is 5.82 Å². The second-order valence-corrected chi connectivity index (χ2v) is 6.35. The van der Waals surface area contributed by atoms with Crippen molar-refractivity contribution >= 4 is 11.6 Å². The van der Waals surface area contributed by atoms with Crippen molar-refractivity contribution < 1.29 is 4.74 Å². The molecule has 3 heterocycles. The lowest BCUT2D eigenvalue weighted by molar-refractivity contribution is 0.181. The van der Waals surface area contributed by atoms with Gasteiger partial charge in [-0.2, -0.15) is 14.6 Å². The number of methoxy groups -OCH3 is 1. The number of aromatic amines is 1. The van der Waals surface area contributed by atoms with Crippen LogP contribution in [0, 0.1) is 0 Å². The maximum Gasteiger partial charge on any atom is 0.254 e. The van der Waals surface area contributed by atoms with Gasteiger partial charge in [0.25, 0.3) is 5.78 Å². The third-order valence-corrected chi connectivity index (χ3v) is 4.30. The van der Waals surface area contributed by atoms with E-state index in [1.807, 2.05) is 18.3 Å². The molecule has 4 rings (SSSR count). The highest BCUT2D eigenvalue weighted by atomic mass is 16.5. The summed E-state index contributed by atoms with van der Waals surface area (Å²) in [5, 5.41) is 7.91. The van der Waals surface area contributed by atoms with E-state index in [1.165, 1.54) is 11.9 Å². The summed E-state index contributed by atoms with van der Waals surface area (Å²) in [6.07, 6.45) is 6.72. The number of imidazole rings is 1. The van der Waals surface area contributed by atoms with Crippen molar-refractivity contribution in [2.24, 2.45) is 0 Å². The maximum atomic E-state index is 5.23. The lowest BCUT2D eigenvalue weighted by Gasteiger charge is -2.20. The third-order valence-electron chi connectivity index (χ3n) is 4.30. The molecule has 138 valence electrons. The van der Waals surface area contributed by atoms with Crippen molar-refractivity contribution in [1.82, 2.24) is 29.5 Å². The summed E-state index contributed by atoms with van der Waals surface area (Å²) < 4.78 is 6.95. The van der Waals surface area contributed by atoms with E-state index in [2.05, 4.69) is 54.6 Å². The van der Waals surface area contributed by atoms with Crippen LogP contribution in [0.15, 0.2) is 55.2 Å². The molecule has 0 spiro atoms. The van der Waals surface area contributed by atoms with Crippen molar-refractivity contribution in [3.05, 3.63) is 72.2 Å². The topological polar surface area (TPSA) is 93.0 Å². The molecule has 0 aliphatic carbocycles. The van der Waals surface area contributed by atoms with Crippen LogP contribution in [0.25, 0.3) is 5.78 Å². The first-order chi connectivity index (χ1) is 13.3. The van der Waals surface area contributed by atoms with Gasteiger partial charge in [0.05, 0.1) is 18.6 Å². The van der Waals surface area contributed by atoms with Crippen molar-refractivity contribution in [2.45, 2.75) is 25.5 Å². The zero-order valence-corrected chi connectivity index (χ0v) is 15.0. The molecule has 0 aliphatic heterocycles. The Labute approximate surface area is 156 Å². The molecule has 0 unspecified atom stereocenters. The average molecular weight is 363 g/mol. The Kier molecular flexibility index (Phi) is 5.06. The van der Waals surface area contributed by atoms with Crippen molar-refractivity contribution in [2.75, 3.05) is 12.4 Å². The van der Waals surface area contributed by atoms with Crippen molar-refractivity contribution in [1.29, 1.82) is 0 Å². The fourth-order valence-electron chi connectivity index (χ4n) is 3.13. The Morgan fingerprint density at radius 2 is 2.11 bits per heavy atom. The number of hydrogen-bond acceptors (Lipinski definition) is 6. The van der Waals surface area contributed by atoms with E-state index < -0.39 is 0 Å². The summed E-state index contributed by atoms with van der Waals surface area (Å²) in [4.78, 5) is 16.0. The SMILES string of the molecule is COCc1cc(N[C@H](Cc2ccccc2)Cc2cnc[nH]2)n2ncnc2n1. The molecule has 27 heavy (non-hydrogen) atoms. The molecule has 1 atom stereocenters. The number of anilines is 1. The Balaban J connectivity index is 1.64. The van der Waals surface area contributed by atoms with Gasteiger partial charge >= 0.3 is 0 Å². The number of aromatic nitrogens is 6. The third kappa shape index (κ3) is 4.12. The molecule has 0 fully saturated rings. The molecule has 8 heteroatoms. The van der Waals surface area contributed by atoms with Crippen LogP contribution in [0.5, 0.6) is 0 Å². The van der Waals surface area contributed by atoms with Gasteiger partial charge in [0.2, 0.25) is 0 Å². The summed E-state index contributed by atoms with van der Waals surface area (Å²) in [6.45, 7) is 0.419. The van der Waals surface area contributed by atoms with Crippen LogP contribution < -0.4 is 5.32 Å². The van der Waals surface area contributed by atoms with Gasteiger partial charge in [0, 0.05) is 37.5 Å². The van der Waals surface area contributed by atoms with E-state index in [4.69, 9.17) is 4.74 Å². The number of nitrogens with zero attached hydrogens (tertiary/aromatic N) is 5. The smallest absolute Gasteiger partial charge is 0.254 e. The highest BCUT2D eigenvalue weighted by Crippen LogP contribution is 2.16. The summed E-state index contributed by atoms with van der Waals surface area (Å²) in [5.74, 6) is 1.39. The number of nitrogens with one attached hydrogen (secondary N) is 2. The minimum absolute atomic E-state index is 0.137. The first-order valence-corrected chi connectivity index (χ1v) is 8.78. The second kappa shape index (κ2) is 7.96. The van der Waals surface area contributed by atoms with Crippen LogP contribution in [-0.2, 0) is 24.2 Å². The predicted octanol–water partition coefficient (Wildman–Crippen LogP) is 2.26. The van der Waals surface area contributed by atoms with Gasteiger partial charge in [-0.1, -0.05) is 30.3 Å². The second-order valence-electron chi connectivity index (χ2n) is 6.35. The Hall–Kier alpha value is -3.26. The van der Waals surface area contributed by atoms with Gasteiger partial charge in [-0.05, 0) is 12.0 Å². The first-order valence-electron chi connectivity index (χ1n) is 8.78. The fourth-order valence-corrected chi connectivity index (χ4v) is 3.13. The number of rotatable bonds is 8. The number of hydrogen-bond donors (Lipinski definition) is 2. The van der Waals surface area contributed by atoms with E-state index >= 15 is 0 Å². The van der Waals surface area contributed by atoms with Gasteiger partial charge in [0.15, 0.2) is 0 Å². The number of H-pyrrole nitrogens is 1. The molecule has 0 bridgehead atoms. The quantitative estimate of drug-likeness (QED) is 0.499. The maximum absolute atomic E-state index is 5.23. The molecular formula is C19H21N7O. The van der Waals surface area contributed by atoms with E-state index in [1.54, 1.807) is 18.0 Å². The normalized spacial score (nSPS) is 12.3. The highest BCUT2D eigenvalue weighted by molar-refractivity contribution is 5.46. The summed E-state index contributed by atoms with van der Waals surface area (Å²) in [6, 6.07) is 12.5. The predicted molar refractivity (Wildman–Crippen MR) is 101 cm³/mol. The molecule has 0 saturated heterocycles. The van der Waals surface area contributed by atoms with E-state index in [9.17, 15) is 0 Å². The largest absolute Gasteiger partial charge is 0.378 e. The molecular weight excluding hydrogens is 342 g/mol. The van der Waals surface area contributed by atoms with Crippen LogP contribution in [-0.4, -0.2) is 42.7 Å². The van der Waals surface area contributed by atoms with Crippen LogP contribution >= 0.6 is 0 Å². The summed E-state index contributed by atoms with van der Waals surface area (Å²) in [5.41, 5.74) is 3.14. The number of benzene rings is 1. The van der Waals surface area contributed by atoms with Gasteiger partial charge < -0.3 is 15.0 Å². The lowest BCUT2D eigenvalue weighted by atomic mass is 10.0. The van der Waals surface area contributed by atoms with E-state index in [0.29, 0.717) is 12.4 Å². The van der Waals surface area contributed by atoms with Crippen LogP contribution in [0.2, 0.25) is 0 Å². The van der Waals surface area contributed by atoms with Gasteiger partial charge in [-0.15, -0.1) is 0 Å². The van der Waals surface area contributed by atoms with Crippen molar-refractivity contribution in [3.63, 3.8) is 0 Å². The van der Waals surface area contributed by atoms with Crippen molar-refractivity contribution in [3.8, 4) is 0 Å². The molecule has 0 aliphatic rings. The molecule has 0 amide bonds. The molecule has 3 aromatic heterocycles. The number of ether oxygens (including phenoxy) is 1. The molecule has 0 radical (unpaired) electrons. The zero-order valence-electron chi connectivity index (χ0n) is 15.0. The molecule has 4 aromatic rings. The van der Waals surface area contributed by atoms with Crippen LogP contribution in [0.1, 0.15) is 17.0 Å². The van der Waals surface area contributed by atoms with E-state index in [-0.39, 0.29) is 6.04 Å². The minimum atomic E-state index is 0.137. The number of fused-ring (bicyclic) bond motifs is 1. The van der Waals surface area contributed by atoms with Crippen LogP contribution in [0.3, 0.4) is 0 Å². The van der Waals surface area contributed by atoms with Gasteiger partial charge in [-0.3, -0.25) is 0 Å². The Morgan fingerprint density at radius 3 is 2.89 bits per heavy atom. The standard InChI is InChI=1S/C19H21N7O/c1-27-11-17-9-18(26-19(25-17)22-13-23-26)24-15(8-16-10-20-12-21-16)7-14-5-3-2-4-6-14/h2-6,9-10,12-13,15,24H,7-8,11H2,1H3,(H,20,21)/t15-/m1/s1. The summed E-state index contributed by atoms with van der Waals surface area (Å²) in [7, 11) is 1.65. The molecule has 0 saturated carbocycles. The highest BCUT2D eigenvalue weighted by Gasteiger charge is 2.15. The van der Waals surface area contributed by atoms with Gasteiger partial charge in [0.1, 0.15) is 12.1 Å². The molecule has 2 N–H and O–H groups in total. The van der Waals surface area contributed by atoms with E-state index in [0.717, 1.165) is 30.0 Å². The average Bonchev–Trinajstić information content (AvgIpc) is 3.34. The molecule has 8 nitrogen and oxygen atoms in total. The fraction of sp³-hybridized carbons (Fsp3) is 0.263. The zero-order chi connectivity index (χ0) is 18.5. The first kappa shape index (κ1) is 17.2. The Morgan fingerprint density at radius 1 is 1.22 bits per heavy atom. The summed E-state index contributed by atoms with van der Waals surface area (Å²) >= 11 is 0. The monoisotopic (exact) mass is 363 g/mol. The molecule has 1 aromatic carbocycles. The van der Waals surface area contributed by atoms with Gasteiger partial charge in [-0.25, -0.2) is 9.97 Å². The lowest BCUT2D eigenvalue weighted by Crippen LogP contribution is -2.27. The Bertz CT molecular complexity index is 982. The minimum Gasteiger partial charge on any atom is -0.378 e.